The molecular weight excluding hydrogens is 453 g/mol. The molecule has 34 heavy (non-hydrogen) atoms. The second-order valence-corrected chi connectivity index (χ2v) is 6.39. The Bertz CT molecular complexity index is 1140. The van der Waals surface area contributed by atoms with E-state index < -0.39 is 23.5 Å². The van der Waals surface area contributed by atoms with Crippen LogP contribution in [0.2, 0.25) is 0 Å². The number of pyridine rings is 1. The van der Waals surface area contributed by atoms with Gasteiger partial charge in [0.1, 0.15) is 22.9 Å². The van der Waals surface area contributed by atoms with Crippen LogP contribution in [0.25, 0.3) is 0 Å². The molecule has 1 aromatic heterocycles. The maximum absolute atomic E-state index is 12.8. The number of hydrogen-bond donors (Lipinski definition) is 4. The maximum atomic E-state index is 12.8. The Morgan fingerprint density at radius 3 is 2.24 bits per heavy atom. The third-order valence-electron chi connectivity index (χ3n) is 4.11. The topological polar surface area (TPSA) is 113 Å². The third-order valence-corrected chi connectivity index (χ3v) is 4.11. The van der Waals surface area contributed by atoms with Gasteiger partial charge in [-0.15, -0.1) is 0 Å². The van der Waals surface area contributed by atoms with E-state index in [0.29, 0.717) is 29.3 Å². The maximum Gasteiger partial charge on any atom is 0.416 e. The summed E-state index contributed by atoms with van der Waals surface area (Å²) in [6.45, 7) is 4.00. The number of hydrogen-bond acceptors (Lipinski definition) is 5. The monoisotopic (exact) mass is 476 g/mol. The van der Waals surface area contributed by atoms with Gasteiger partial charge >= 0.3 is 12.2 Å². The van der Waals surface area contributed by atoms with E-state index in [0.717, 1.165) is 6.07 Å². The lowest BCUT2D eigenvalue weighted by Crippen LogP contribution is -2.20. The van der Waals surface area contributed by atoms with Crippen molar-refractivity contribution < 1.29 is 32.6 Å². The summed E-state index contributed by atoms with van der Waals surface area (Å²) < 4.78 is 44.1. The number of benzene rings is 2. The Hall–Kier alpha value is -4.28. The number of amides is 3. The standard InChI is InChI=1S/C21H17F3N4O4.C2H6/c1-25-19(30)17-11-15(8-9-26-17)32-14-5-3-13(4-6-14)27-20(31)28-16-10-12(21(22,23)24)2-7-18(16)29;1-2/h2-11,29H,1H3,(H,25,30)(H2,27,28,31);1-2H3. The van der Waals surface area contributed by atoms with Crippen LogP contribution in [0, 0.1) is 0 Å². The number of halogens is 3. The van der Waals surface area contributed by atoms with Crippen molar-refractivity contribution in [3.8, 4) is 17.2 Å². The van der Waals surface area contributed by atoms with Gasteiger partial charge in [0.2, 0.25) is 0 Å². The fraction of sp³-hybridized carbons (Fsp3) is 0.174. The molecule has 2 aromatic carbocycles. The van der Waals surface area contributed by atoms with Crippen LogP contribution in [0.4, 0.5) is 29.3 Å². The highest BCUT2D eigenvalue weighted by Gasteiger charge is 2.31. The number of phenols is 1. The van der Waals surface area contributed by atoms with E-state index >= 15 is 0 Å². The molecule has 8 nitrogen and oxygen atoms in total. The van der Waals surface area contributed by atoms with Gasteiger partial charge in [0.25, 0.3) is 5.91 Å². The number of aromatic hydroxyl groups is 1. The third kappa shape index (κ3) is 7.12. The van der Waals surface area contributed by atoms with E-state index in [2.05, 4.69) is 20.9 Å². The predicted octanol–water partition coefficient (Wildman–Crippen LogP) is 5.63. The molecule has 0 aliphatic rings. The number of ether oxygens (including phenoxy) is 1. The first-order chi connectivity index (χ1) is 16.2. The van der Waals surface area contributed by atoms with Gasteiger partial charge in [0.05, 0.1) is 11.3 Å². The van der Waals surface area contributed by atoms with Crippen LogP contribution < -0.4 is 20.7 Å². The summed E-state index contributed by atoms with van der Waals surface area (Å²) in [6.07, 6.45) is -3.20. The summed E-state index contributed by atoms with van der Waals surface area (Å²) in [6, 6.07) is 10.4. The van der Waals surface area contributed by atoms with Gasteiger partial charge in [-0.25, -0.2) is 4.79 Å². The number of rotatable bonds is 5. The fourth-order valence-corrected chi connectivity index (χ4v) is 2.57. The zero-order valence-electron chi connectivity index (χ0n) is 18.5. The van der Waals surface area contributed by atoms with Crippen molar-refractivity contribution in [2.24, 2.45) is 0 Å². The molecule has 3 aromatic rings. The largest absolute Gasteiger partial charge is 0.506 e. The van der Waals surface area contributed by atoms with Gasteiger partial charge < -0.3 is 25.8 Å². The average Bonchev–Trinajstić information content (AvgIpc) is 2.82. The van der Waals surface area contributed by atoms with Crippen molar-refractivity contribution in [1.29, 1.82) is 0 Å². The van der Waals surface area contributed by atoms with Crippen LogP contribution in [0.3, 0.4) is 0 Å². The summed E-state index contributed by atoms with van der Waals surface area (Å²) in [4.78, 5) is 27.7. The Labute approximate surface area is 193 Å². The molecule has 0 spiro atoms. The fourth-order valence-electron chi connectivity index (χ4n) is 2.57. The first-order valence-electron chi connectivity index (χ1n) is 10.1. The van der Waals surface area contributed by atoms with Gasteiger partial charge in [-0.2, -0.15) is 13.2 Å². The lowest BCUT2D eigenvalue weighted by Gasteiger charge is -2.12. The van der Waals surface area contributed by atoms with Crippen molar-refractivity contribution in [2.45, 2.75) is 20.0 Å². The van der Waals surface area contributed by atoms with Crippen LogP contribution in [0.1, 0.15) is 29.9 Å². The van der Waals surface area contributed by atoms with Gasteiger partial charge in [-0.1, -0.05) is 13.8 Å². The first-order valence-corrected chi connectivity index (χ1v) is 10.1. The van der Waals surface area contributed by atoms with Gasteiger partial charge in [-0.05, 0) is 48.5 Å². The number of anilines is 2. The normalized spacial score (nSPS) is 10.4. The van der Waals surface area contributed by atoms with Crippen molar-refractivity contribution in [3.63, 3.8) is 0 Å². The molecule has 0 saturated carbocycles. The van der Waals surface area contributed by atoms with Crippen molar-refractivity contribution in [2.75, 3.05) is 17.7 Å². The molecule has 0 saturated heterocycles. The summed E-state index contributed by atoms with van der Waals surface area (Å²) in [5.41, 5.74) is -0.899. The molecule has 0 radical (unpaired) electrons. The number of aromatic nitrogens is 1. The smallest absolute Gasteiger partial charge is 0.416 e. The molecule has 4 N–H and O–H groups in total. The van der Waals surface area contributed by atoms with Gasteiger partial charge in [0.15, 0.2) is 0 Å². The van der Waals surface area contributed by atoms with Crippen molar-refractivity contribution in [3.05, 3.63) is 72.1 Å². The van der Waals surface area contributed by atoms with E-state index in [1.54, 1.807) is 6.07 Å². The average molecular weight is 476 g/mol. The molecule has 3 rings (SSSR count). The van der Waals surface area contributed by atoms with Crippen LogP contribution in [0.5, 0.6) is 17.2 Å². The zero-order valence-corrected chi connectivity index (χ0v) is 18.5. The molecule has 0 aliphatic carbocycles. The molecule has 0 unspecified atom stereocenters. The molecule has 11 heteroatoms. The Morgan fingerprint density at radius 2 is 1.62 bits per heavy atom. The van der Waals surface area contributed by atoms with E-state index in [1.807, 2.05) is 13.8 Å². The molecule has 180 valence electrons. The highest BCUT2D eigenvalue weighted by molar-refractivity contribution is 6.00. The molecule has 1 heterocycles. The highest BCUT2D eigenvalue weighted by atomic mass is 19.4. The predicted molar refractivity (Wildman–Crippen MR) is 121 cm³/mol. The molecule has 0 aliphatic heterocycles. The number of nitrogens with one attached hydrogen (secondary N) is 3. The molecular formula is C23H23F3N4O4. The van der Waals surface area contributed by atoms with Crippen LogP contribution in [-0.2, 0) is 6.18 Å². The van der Waals surface area contributed by atoms with E-state index in [1.165, 1.54) is 43.6 Å². The highest BCUT2D eigenvalue weighted by Crippen LogP contribution is 2.34. The van der Waals surface area contributed by atoms with Crippen molar-refractivity contribution in [1.82, 2.24) is 10.3 Å². The van der Waals surface area contributed by atoms with Gasteiger partial charge in [-0.3, -0.25) is 9.78 Å². The second kappa shape index (κ2) is 11.5. The van der Waals surface area contributed by atoms with Crippen LogP contribution >= 0.6 is 0 Å². The number of carbonyl (C=O) groups excluding carboxylic acids is 2. The Balaban J connectivity index is 0.00000199. The van der Waals surface area contributed by atoms with Crippen LogP contribution in [0.15, 0.2) is 60.8 Å². The summed E-state index contributed by atoms with van der Waals surface area (Å²) in [5.74, 6) is -0.101. The number of urea groups is 1. The minimum absolute atomic E-state index is 0.179. The summed E-state index contributed by atoms with van der Waals surface area (Å²) >= 11 is 0. The first kappa shape index (κ1) is 26.0. The van der Waals surface area contributed by atoms with E-state index in [4.69, 9.17) is 4.74 Å². The molecule has 3 amide bonds. The van der Waals surface area contributed by atoms with Gasteiger partial charge in [0, 0.05) is 25.0 Å². The summed E-state index contributed by atoms with van der Waals surface area (Å²) in [5, 5.41) is 16.8. The lowest BCUT2D eigenvalue weighted by atomic mass is 10.2. The molecule has 0 fully saturated rings. The minimum Gasteiger partial charge on any atom is -0.506 e. The minimum atomic E-state index is -4.62. The number of nitrogens with zero attached hydrogens (tertiary/aromatic N) is 1. The van der Waals surface area contributed by atoms with Crippen LogP contribution in [-0.4, -0.2) is 29.1 Å². The molecule has 0 bridgehead atoms. The quantitative estimate of drug-likeness (QED) is 0.357. The Morgan fingerprint density at radius 1 is 0.941 bits per heavy atom. The van der Waals surface area contributed by atoms with Crippen molar-refractivity contribution >= 4 is 23.3 Å². The lowest BCUT2D eigenvalue weighted by molar-refractivity contribution is -0.137. The zero-order chi connectivity index (χ0) is 25.3. The summed E-state index contributed by atoms with van der Waals surface area (Å²) in [7, 11) is 1.48. The SMILES string of the molecule is CC.CNC(=O)c1cc(Oc2ccc(NC(=O)Nc3cc(C(F)(F)F)ccc3O)cc2)ccn1. The van der Waals surface area contributed by atoms with E-state index in [-0.39, 0.29) is 17.3 Å². The molecule has 0 atom stereocenters. The van der Waals surface area contributed by atoms with E-state index in [9.17, 15) is 27.9 Å². The number of alkyl halides is 3. The Kier molecular flexibility index (Phi) is 8.82. The number of carbonyl (C=O) groups is 2. The second-order valence-electron chi connectivity index (χ2n) is 6.39. The number of phenolic OH excluding ortho intramolecular Hbond substituents is 1.